The molecule has 26 heavy (non-hydrogen) atoms. The molecule has 0 saturated heterocycles. The van der Waals surface area contributed by atoms with Crippen LogP contribution in [0.3, 0.4) is 0 Å². The van der Waals surface area contributed by atoms with Crippen LogP contribution in [0.2, 0.25) is 0 Å². The summed E-state index contributed by atoms with van der Waals surface area (Å²) in [5.74, 6) is 0.873. The lowest BCUT2D eigenvalue weighted by atomic mass is 10.1. The molecule has 0 aliphatic carbocycles. The molecule has 2 heteroatoms. The number of hydrogen-bond acceptors (Lipinski definition) is 1. The van der Waals surface area contributed by atoms with Gasteiger partial charge in [0.25, 0.3) is 0 Å². The maximum Gasteiger partial charge on any atom is 0.213 e. The minimum absolute atomic E-state index is 0.782. The van der Waals surface area contributed by atoms with Gasteiger partial charge in [-0.15, -0.1) is 0 Å². The van der Waals surface area contributed by atoms with E-state index >= 15 is 0 Å². The fraction of sp³-hybridized carbons (Fsp3) is 0.125. The molecular formula is C24H22NO+. The van der Waals surface area contributed by atoms with E-state index in [1.54, 1.807) is 0 Å². The molecule has 0 saturated carbocycles. The van der Waals surface area contributed by atoms with Crippen LogP contribution < -0.4 is 10.3 Å². The lowest BCUT2D eigenvalue weighted by Crippen LogP contribution is -2.75. The second kappa shape index (κ2) is 7.40. The van der Waals surface area contributed by atoms with Gasteiger partial charge in [-0.2, -0.15) is 0 Å². The average Bonchev–Trinajstić information content (AvgIpc) is 2.73. The van der Waals surface area contributed by atoms with Gasteiger partial charge >= 0.3 is 0 Å². The van der Waals surface area contributed by atoms with E-state index in [0.717, 1.165) is 40.6 Å². The molecule has 4 rings (SSSR count). The van der Waals surface area contributed by atoms with Gasteiger partial charge in [-0.25, -0.2) is 4.99 Å². The maximum atomic E-state index is 6.20. The Labute approximate surface area is 153 Å². The summed E-state index contributed by atoms with van der Waals surface area (Å²) in [7, 11) is 0. The summed E-state index contributed by atoms with van der Waals surface area (Å²) in [5.41, 5.74) is 4.55. The van der Waals surface area contributed by atoms with Crippen LogP contribution in [0.5, 0.6) is 0 Å². The van der Waals surface area contributed by atoms with E-state index in [4.69, 9.17) is 4.42 Å². The Bertz CT molecular complexity index is 1080. The highest BCUT2D eigenvalue weighted by atomic mass is 16.3. The van der Waals surface area contributed by atoms with Gasteiger partial charge in [0.15, 0.2) is 6.54 Å². The Morgan fingerprint density at radius 2 is 1.50 bits per heavy atom. The van der Waals surface area contributed by atoms with Gasteiger partial charge in [-0.3, -0.25) is 0 Å². The monoisotopic (exact) mass is 340 g/mol. The van der Waals surface area contributed by atoms with E-state index in [0.29, 0.717) is 0 Å². The second-order valence-electron chi connectivity index (χ2n) is 6.41. The molecule has 0 aliphatic heterocycles. The van der Waals surface area contributed by atoms with E-state index in [1.165, 1.54) is 11.1 Å². The van der Waals surface area contributed by atoms with Crippen LogP contribution in [0.15, 0.2) is 89.3 Å². The molecule has 0 radical (unpaired) electrons. The molecule has 0 amide bonds. The normalized spacial score (nSPS) is 11.8. The second-order valence-corrected chi connectivity index (χ2v) is 6.41. The number of benzene rings is 3. The van der Waals surface area contributed by atoms with Crippen molar-refractivity contribution in [3.8, 4) is 11.3 Å². The van der Waals surface area contributed by atoms with Crippen LogP contribution in [0.25, 0.3) is 22.3 Å². The predicted octanol–water partition coefficient (Wildman–Crippen LogP) is 3.84. The van der Waals surface area contributed by atoms with Gasteiger partial charge in [-0.05, 0) is 24.1 Å². The largest absolute Gasteiger partial charge is 0.456 e. The molecular weight excluding hydrogens is 318 g/mol. The van der Waals surface area contributed by atoms with Crippen LogP contribution in [0.1, 0.15) is 18.1 Å². The molecule has 0 fully saturated rings. The fourth-order valence-corrected chi connectivity index (χ4v) is 3.14. The molecule has 0 bridgehead atoms. The predicted molar refractivity (Wildman–Crippen MR) is 105 cm³/mol. The standard InChI is InChI=1S/C24H21NO/c1-2-18-13-14-23-21(15-18)22(25-17-19-9-5-3-6-10-19)16-24(26-23)20-11-7-4-8-12-20/h3-16H,2,17H2,1H3/p+1. The van der Waals surface area contributed by atoms with Crippen molar-refractivity contribution in [2.45, 2.75) is 19.9 Å². The highest BCUT2D eigenvalue weighted by Crippen LogP contribution is 2.22. The molecule has 1 aromatic heterocycles. The zero-order chi connectivity index (χ0) is 17.8. The third-order valence-corrected chi connectivity index (χ3v) is 4.62. The van der Waals surface area contributed by atoms with Crippen molar-refractivity contribution in [3.05, 3.63) is 101 Å². The van der Waals surface area contributed by atoms with Gasteiger partial charge in [0.05, 0.1) is 11.5 Å². The van der Waals surface area contributed by atoms with Gasteiger partial charge in [-0.1, -0.05) is 73.7 Å². The Balaban J connectivity index is 1.89. The Kier molecular flexibility index (Phi) is 4.65. The summed E-state index contributed by atoms with van der Waals surface area (Å²) < 4.78 is 6.20. The zero-order valence-corrected chi connectivity index (χ0v) is 14.9. The van der Waals surface area contributed by atoms with Crippen molar-refractivity contribution in [1.82, 2.24) is 0 Å². The van der Waals surface area contributed by atoms with Gasteiger partial charge < -0.3 is 4.42 Å². The van der Waals surface area contributed by atoms with Gasteiger partial charge in [0, 0.05) is 11.1 Å². The lowest BCUT2D eigenvalue weighted by molar-refractivity contribution is -0.516. The number of hydrogen-bond donors (Lipinski definition) is 1. The minimum Gasteiger partial charge on any atom is -0.456 e. The third kappa shape index (κ3) is 3.45. The first-order chi connectivity index (χ1) is 12.8. The number of aryl methyl sites for hydroxylation is 1. The van der Waals surface area contributed by atoms with E-state index in [9.17, 15) is 0 Å². The van der Waals surface area contributed by atoms with Crippen molar-refractivity contribution in [2.75, 3.05) is 0 Å². The van der Waals surface area contributed by atoms with E-state index in [2.05, 4.69) is 72.6 Å². The average molecular weight is 340 g/mol. The smallest absolute Gasteiger partial charge is 0.213 e. The van der Waals surface area contributed by atoms with E-state index in [-0.39, 0.29) is 0 Å². The summed E-state index contributed by atoms with van der Waals surface area (Å²) in [6.07, 6.45) is 1.01. The first-order valence-corrected chi connectivity index (χ1v) is 9.06. The quantitative estimate of drug-likeness (QED) is 0.600. The number of rotatable bonds is 4. The summed E-state index contributed by atoms with van der Waals surface area (Å²) >= 11 is 0. The first-order valence-electron chi connectivity index (χ1n) is 9.06. The van der Waals surface area contributed by atoms with E-state index in [1.807, 2.05) is 24.3 Å². The number of fused-ring (bicyclic) bond motifs is 1. The third-order valence-electron chi connectivity index (χ3n) is 4.62. The molecule has 0 unspecified atom stereocenters. The summed E-state index contributed by atoms with van der Waals surface area (Å²) in [6.45, 7) is 2.96. The van der Waals surface area contributed by atoms with Crippen LogP contribution in [-0.4, -0.2) is 0 Å². The van der Waals surface area contributed by atoms with Crippen LogP contribution in [0.4, 0.5) is 0 Å². The van der Waals surface area contributed by atoms with Crippen molar-refractivity contribution < 1.29 is 9.41 Å². The minimum atomic E-state index is 0.782. The molecule has 0 spiro atoms. The molecule has 1 N–H and O–H groups in total. The topological polar surface area (TPSA) is 27.1 Å². The van der Waals surface area contributed by atoms with Gasteiger partial charge in [0.1, 0.15) is 11.3 Å². The molecule has 128 valence electrons. The Hall–Kier alpha value is -3.13. The first kappa shape index (κ1) is 16.3. The molecule has 3 aromatic carbocycles. The van der Waals surface area contributed by atoms with Crippen LogP contribution in [0, 0.1) is 0 Å². The van der Waals surface area contributed by atoms with Crippen molar-refractivity contribution in [1.29, 1.82) is 0 Å². The Morgan fingerprint density at radius 1 is 0.769 bits per heavy atom. The molecule has 2 nitrogen and oxygen atoms in total. The fourth-order valence-electron chi connectivity index (χ4n) is 3.14. The summed E-state index contributed by atoms with van der Waals surface area (Å²) in [4.78, 5) is 3.61. The zero-order valence-electron chi connectivity index (χ0n) is 14.9. The van der Waals surface area contributed by atoms with Crippen LogP contribution >= 0.6 is 0 Å². The Morgan fingerprint density at radius 3 is 2.23 bits per heavy atom. The van der Waals surface area contributed by atoms with E-state index < -0.39 is 0 Å². The molecule has 4 aromatic rings. The maximum absolute atomic E-state index is 6.20. The molecule has 0 atom stereocenters. The number of nitrogens with one attached hydrogen (secondary N) is 1. The SMILES string of the molecule is CCc1ccc2oc(-c3ccccc3)cc(=[NH+]Cc3ccccc3)c2c1. The summed E-state index contributed by atoms with van der Waals surface area (Å²) in [6, 6.07) is 29.2. The van der Waals surface area contributed by atoms with Crippen molar-refractivity contribution in [2.24, 2.45) is 0 Å². The molecule has 1 heterocycles. The van der Waals surface area contributed by atoms with Crippen LogP contribution in [-0.2, 0) is 13.0 Å². The summed E-state index contributed by atoms with van der Waals surface area (Å²) in [5, 5.41) is 2.23. The highest BCUT2D eigenvalue weighted by Gasteiger charge is 2.09. The molecule has 0 aliphatic rings. The lowest BCUT2D eigenvalue weighted by Gasteiger charge is -2.04. The van der Waals surface area contributed by atoms with Gasteiger partial charge in [0.2, 0.25) is 5.36 Å². The highest BCUT2D eigenvalue weighted by molar-refractivity contribution is 5.78. The van der Waals surface area contributed by atoms with Crippen molar-refractivity contribution in [3.63, 3.8) is 0 Å². The van der Waals surface area contributed by atoms with Crippen molar-refractivity contribution >= 4 is 11.0 Å².